The first-order chi connectivity index (χ1) is 21.1. The minimum Gasteiger partial charge on any atom is -0.299 e. The number of rotatable bonds is 7. The molecule has 0 aromatic heterocycles. The summed E-state index contributed by atoms with van der Waals surface area (Å²) in [5.41, 5.74) is 0.853. The number of benzene rings is 3. The molecule has 2 bridgehead atoms. The summed E-state index contributed by atoms with van der Waals surface area (Å²) >= 11 is 0. The smallest absolute Gasteiger partial charge is 0.278 e. The van der Waals surface area contributed by atoms with Gasteiger partial charge in [-0.2, -0.15) is 8.42 Å². The van der Waals surface area contributed by atoms with Gasteiger partial charge < -0.3 is 0 Å². The van der Waals surface area contributed by atoms with Crippen molar-refractivity contribution in [3.63, 3.8) is 0 Å². The number of hydrogen-bond donors (Lipinski definition) is 0. The first-order valence-corrected chi connectivity index (χ1v) is 19.8. The summed E-state index contributed by atoms with van der Waals surface area (Å²) in [6, 6.07) is 24.7. The topological polar surface area (TPSA) is 60.4 Å². The first-order valence-electron chi connectivity index (χ1n) is 16.7. The normalized spacial score (nSPS) is 22.3. The minimum absolute atomic E-state index is 0.0711. The number of ketones is 1. The molecule has 0 aliphatic heterocycles. The number of Topliss-reactive ketones (excluding diaryl/α,β-unsaturated/α-hetero) is 1. The van der Waals surface area contributed by atoms with Gasteiger partial charge in [0, 0.05) is 21.1 Å². The molecule has 2 aliphatic carbocycles. The Hall–Kier alpha value is -2.41. The second kappa shape index (κ2) is 11.3. The predicted molar refractivity (Wildman–Crippen MR) is 191 cm³/mol. The van der Waals surface area contributed by atoms with E-state index in [1.807, 2.05) is 36.4 Å². The minimum atomic E-state index is -4.29. The molecule has 46 heavy (non-hydrogen) atoms. The highest BCUT2D eigenvalue weighted by Crippen LogP contribution is 2.74. The molecule has 0 saturated heterocycles. The van der Waals surface area contributed by atoms with Gasteiger partial charge >= 0.3 is 0 Å². The third-order valence-corrected chi connectivity index (χ3v) is 16.2. The van der Waals surface area contributed by atoms with Crippen molar-refractivity contribution in [2.45, 2.75) is 126 Å². The second-order valence-electron chi connectivity index (χ2n) is 17.2. The molecule has 0 spiro atoms. The molecule has 3 aromatic rings. The predicted octanol–water partition coefficient (Wildman–Crippen LogP) is 10.5. The molecule has 3 aromatic carbocycles. The van der Waals surface area contributed by atoms with Gasteiger partial charge in [0.15, 0.2) is 0 Å². The molecule has 0 radical (unpaired) electrons. The van der Waals surface area contributed by atoms with E-state index in [0.717, 1.165) is 37.8 Å². The van der Waals surface area contributed by atoms with E-state index in [-0.39, 0.29) is 33.7 Å². The lowest BCUT2D eigenvalue weighted by molar-refractivity contribution is -0.128. The summed E-state index contributed by atoms with van der Waals surface area (Å²) in [5, 5.41) is 0. The van der Waals surface area contributed by atoms with E-state index in [9.17, 15) is 4.79 Å². The van der Waals surface area contributed by atoms with Gasteiger partial charge in [-0.15, -0.1) is 0 Å². The third kappa shape index (κ3) is 5.71. The van der Waals surface area contributed by atoms with Crippen LogP contribution in [0.25, 0.3) is 0 Å². The number of carbonyl (C=O) groups is 1. The molecule has 0 amide bonds. The van der Waals surface area contributed by atoms with Crippen LogP contribution in [0.15, 0.2) is 87.5 Å². The van der Waals surface area contributed by atoms with E-state index in [1.54, 1.807) is 0 Å². The molecular formula is C40H54O4S2. The summed E-state index contributed by atoms with van der Waals surface area (Å²) in [5.74, 6) is -0.0246. The Kier molecular flexibility index (Phi) is 8.61. The lowest BCUT2D eigenvalue weighted by Gasteiger charge is -2.47. The Morgan fingerprint density at radius 3 is 1.35 bits per heavy atom. The maximum atomic E-state index is 15.1. The van der Waals surface area contributed by atoms with Crippen molar-refractivity contribution in [2.24, 2.45) is 16.7 Å². The maximum Gasteiger partial charge on any atom is 0.278 e. The highest BCUT2D eigenvalue weighted by Gasteiger charge is 2.66. The molecular weight excluding hydrogens is 609 g/mol. The van der Waals surface area contributed by atoms with Crippen LogP contribution in [0, 0.1) is 16.7 Å². The summed E-state index contributed by atoms with van der Waals surface area (Å²) in [7, 11) is -7.23. The van der Waals surface area contributed by atoms with Crippen LogP contribution in [0.5, 0.6) is 0 Å². The molecule has 2 aliphatic rings. The number of hydrogen-bond acceptors (Lipinski definition) is 4. The zero-order chi connectivity index (χ0) is 34.1. The fraction of sp³-hybridized carbons (Fsp3) is 0.525. The van der Waals surface area contributed by atoms with Crippen LogP contribution in [0.1, 0.15) is 112 Å². The Labute approximate surface area is 280 Å². The summed E-state index contributed by atoms with van der Waals surface area (Å²) in [6.07, 6.45) is 1.91. The fourth-order valence-corrected chi connectivity index (χ4v) is 15.2. The van der Waals surface area contributed by atoms with E-state index in [1.165, 1.54) is 0 Å². The van der Waals surface area contributed by atoms with Crippen molar-refractivity contribution in [1.82, 2.24) is 0 Å². The van der Waals surface area contributed by atoms with Gasteiger partial charge in [-0.1, -0.05) is 131 Å². The van der Waals surface area contributed by atoms with Crippen molar-refractivity contribution in [3.8, 4) is 0 Å². The Bertz CT molecular complexity index is 1610. The van der Waals surface area contributed by atoms with Crippen LogP contribution in [0.3, 0.4) is 0 Å². The zero-order valence-electron chi connectivity index (χ0n) is 29.8. The molecule has 2 atom stereocenters. The van der Waals surface area contributed by atoms with Gasteiger partial charge in [-0.3, -0.25) is 4.79 Å². The van der Waals surface area contributed by atoms with Crippen molar-refractivity contribution in [1.29, 1.82) is 0 Å². The van der Waals surface area contributed by atoms with Crippen molar-refractivity contribution in [3.05, 3.63) is 89.5 Å². The van der Waals surface area contributed by atoms with Gasteiger partial charge in [-0.25, -0.2) is 3.63 Å². The van der Waals surface area contributed by atoms with Crippen molar-refractivity contribution < 1.29 is 16.8 Å². The van der Waals surface area contributed by atoms with Gasteiger partial charge in [-0.05, 0) is 85.6 Å². The van der Waals surface area contributed by atoms with E-state index in [0.29, 0.717) is 12.8 Å². The van der Waals surface area contributed by atoms with Gasteiger partial charge in [0.1, 0.15) is 5.78 Å². The maximum absolute atomic E-state index is 15.1. The van der Waals surface area contributed by atoms with E-state index in [2.05, 4.69) is 113 Å². The fourth-order valence-electron chi connectivity index (χ4n) is 8.07. The third-order valence-electron chi connectivity index (χ3n) is 10.8. The second-order valence-corrected chi connectivity index (χ2v) is 21.6. The van der Waals surface area contributed by atoms with Crippen LogP contribution in [0.4, 0.5) is 0 Å². The van der Waals surface area contributed by atoms with Crippen LogP contribution in [0.2, 0.25) is 0 Å². The average Bonchev–Trinajstić information content (AvgIpc) is 3.29. The Morgan fingerprint density at radius 2 is 1.04 bits per heavy atom. The molecule has 0 heterocycles. The van der Waals surface area contributed by atoms with Gasteiger partial charge in [0.25, 0.3) is 10.1 Å². The average molecular weight is 663 g/mol. The summed E-state index contributed by atoms with van der Waals surface area (Å²) in [4.78, 5) is 16.3. The van der Waals surface area contributed by atoms with E-state index in [4.69, 9.17) is 3.63 Å². The number of fused-ring (bicyclic) bond motifs is 2. The van der Waals surface area contributed by atoms with Crippen molar-refractivity contribution >= 4 is 26.2 Å². The summed E-state index contributed by atoms with van der Waals surface area (Å²) < 4.78 is 37.3. The monoisotopic (exact) mass is 662 g/mol. The van der Waals surface area contributed by atoms with Gasteiger partial charge in [0.2, 0.25) is 0 Å². The summed E-state index contributed by atoms with van der Waals surface area (Å²) in [6.45, 7) is 23.7. The SMILES string of the molecule is CC(C)(C)c1ccccc1S(OS(=O)(=O)CC12CCC(CC1=O)C2(C)C)(c1ccccc1C(C)(C)C)c1ccccc1C(C)(C)C. The standard InChI is InChI=1S/C40H54O4S2/c1-36(2,3)29-18-12-15-21-32(29)46(33-22-16-13-19-30(33)37(4,5)6,34-23-17-14-20-31(34)38(7,8)9)44-45(42,43)27-40-25-24-28(26-35(40)41)39(40,10)11/h12-23,28H,24-27H2,1-11H3. The largest absolute Gasteiger partial charge is 0.299 e. The molecule has 2 fully saturated rings. The molecule has 2 saturated carbocycles. The number of carbonyl (C=O) groups excluding carboxylic acids is 1. The quantitative estimate of drug-likeness (QED) is 0.253. The highest BCUT2D eigenvalue weighted by molar-refractivity contribution is 8.33. The molecule has 2 unspecified atom stereocenters. The molecule has 0 N–H and O–H groups in total. The van der Waals surface area contributed by atoms with Crippen LogP contribution < -0.4 is 0 Å². The van der Waals surface area contributed by atoms with Crippen LogP contribution in [-0.2, 0) is 34.8 Å². The lowest BCUT2D eigenvalue weighted by atomic mass is 9.70. The molecule has 6 heteroatoms. The molecule has 4 nitrogen and oxygen atoms in total. The highest BCUT2D eigenvalue weighted by atomic mass is 32.3. The van der Waals surface area contributed by atoms with E-state index >= 15 is 8.42 Å². The lowest BCUT2D eigenvalue weighted by Crippen LogP contribution is -2.42. The van der Waals surface area contributed by atoms with Crippen LogP contribution in [-0.4, -0.2) is 20.0 Å². The zero-order valence-corrected chi connectivity index (χ0v) is 31.4. The van der Waals surface area contributed by atoms with Crippen LogP contribution >= 0.6 is 10.3 Å². The van der Waals surface area contributed by atoms with E-state index < -0.39 is 31.3 Å². The van der Waals surface area contributed by atoms with Crippen molar-refractivity contribution in [2.75, 3.05) is 5.75 Å². The first kappa shape index (κ1) is 34.9. The Morgan fingerprint density at radius 1 is 0.674 bits per heavy atom. The van der Waals surface area contributed by atoms with Gasteiger partial charge in [0.05, 0.1) is 11.2 Å². The molecule has 250 valence electrons. The molecule has 5 rings (SSSR count). The Balaban J connectivity index is 1.93.